The molecule has 4 aliphatic carbocycles. The predicted molar refractivity (Wildman–Crippen MR) is 176 cm³/mol. The largest absolute Gasteiger partial charge is 0.310 e. The van der Waals surface area contributed by atoms with Crippen LogP contribution in [0.1, 0.15) is 85.9 Å². The van der Waals surface area contributed by atoms with Crippen molar-refractivity contribution in [2.24, 2.45) is 0 Å². The fourth-order valence-electron chi connectivity index (χ4n) is 8.87. The number of fused-ring (bicyclic) bond motifs is 8. The first-order valence-electron chi connectivity index (χ1n) is 16.2. The summed E-state index contributed by atoms with van der Waals surface area (Å²) in [5.74, 6) is 1.03. The van der Waals surface area contributed by atoms with Gasteiger partial charge in [0.05, 0.1) is 28.3 Å². The number of aromatic nitrogens is 4. The number of nitrogens with one attached hydrogen (secondary N) is 1. The summed E-state index contributed by atoms with van der Waals surface area (Å²) >= 11 is 1.47. The normalized spacial score (nSPS) is 18.8. The second kappa shape index (κ2) is 10.7. The van der Waals surface area contributed by atoms with Gasteiger partial charge in [-0.2, -0.15) is 0 Å². The molecule has 44 heavy (non-hydrogen) atoms. The van der Waals surface area contributed by atoms with Crippen LogP contribution in [0.5, 0.6) is 0 Å². The number of H-pyrrole nitrogens is 1. The van der Waals surface area contributed by atoms with E-state index in [4.69, 9.17) is 9.97 Å². The molecule has 2 aromatic heterocycles. The molecule has 0 aliphatic heterocycles. The Hall–Kier alpha value is -3.71. The predicted octanol–water partition coefficient (Wildman–Crippen LogP) is 7.26. The third-order valence-corrected chi connectivity index (χ3v) is 11.8. The second-order valence-electron chi connectivity index (χ2n) is 13.3. The van der Waals surface area contributed by atoms with Crippen molar-refractivity contribution in [2.75, 3.05) is 0 Å². The van der Waals surface area contributed by atoms with Gasteiger partial charge in [0.15, 0.2) is 5.16 Å². The number of allylic oxidation sites excluding steroid dienone is 1. The van der Waals surface area contributed by atoms with Crippen LogP contribution in [0.4, 0.5) is 0 Å². The van der Waals surface area contributed by atoms with E-state index in [1.807, 2.05) is 12.1 Å². The van der Waals surface area contributed by atoms with Crippen molar-refractivity contribution in [3.8, 4) is 22.5 Å². The smallest absolute Gasteiger partial charge is 0.258 e. The Morgan fingerprint density at radius 1 is 0.795 bits per heavy atom. The van der Waals surface area contributed by atoms with Crippen LogP contribution in [0.3, 0.4) is 0 Å². The summed E-state index contributed by atoms with van der Waals surface area (Å²) in [4.78, 5) is 41.8. The van der Waals surface area contributed by atoms with Gasteiger partial charge in [0.1, 0.15) is 5.82 Å². The molecule has 2 spiro atoms. The first-order valence-corrected chi connectivity index (χ1v) is 17.2. The topological polar surface area (TPSA) is 80.6 Å². The van der Waals surface area contributed by atoms with Crippen LogP contribution < -0.4 is 11.1 Å². The van der Waals surface area contributed by atoms with E-state index in [2.05, 4.69) is 48.0 Å². The minimum atomic E-state index is -0.160. The number of benzene rings is 2. The molecule has 0 amide bonds. The Morgan fingerprint density at radius 3 is 2.00 bits per heavy atom. The highest BCUT2D eigenvalue weighted by molar-refractivity contribution is 7.98. The van der Waals surface area contributed by atoms with Gasteiger partial charge in [-0.05, 0) is 49.7 Å². The van der Waals surface area contributed by atoms with Crippen molar-refractivity contribution in [3.63, 3.8) is 0 Å². The Balaban J connectivity index is 1.22. The molecule has 2 aromatic carbocycles. The summed E-state index contributed by atoms with van der Waals surface area (Å²) in [7, 11) is 0. The maximum Gasteiger partial charge on any atom is 0.258 e. The van der Waals surface area contributed by atoms with Crippen LogP contribution in [-0.4, -0.2) is 19.5 Å². The van der Waals surface area contributed by atoms with Gasteiger partial charge in [0.25, 0.3) is 11.1 Å². The fraction of sp³-hybridized carbons (Fsp3) is 0.405. The molecule has 0 atom stereocenters. The van der Waals surface area contributed by atoms with Gasteiger partial charge in [-0.3, -0.25) is 14.2 Å². The van der Waals surface area contributed by atoms with Gasteiger partial charge < -0.3 is 4.98 Å². The zero-order chi connectivity index (χ0) is 29.9. The Bertz CT molecular complexity index is 1910. The van der Waals surface area contributed by atoms with Gasteiger partial charge in [-0.15, -0.1) is 6.58 Å². The first kappa shape index (κ1) is 27.8. The van der Waals surface area contributed by atoms with Crippen molar-refractivity contribution in [1.82, 2.24) is 19.5 Å². The molecule has 2 fully saturated rings. The minimum absolute atomic E-state index is 0.0166. The van der Waals surface area contributed by atoms with Crippen molar-refractivity contribution in [1.29, 1.82) is 0 Å². The lowest BCUT2D eigenvalue weighted by Gasteiger charge is -2.42. The molecule has 0 radical (unpaired) electrons. The number of aromatic amines is 1. The molecule has 2 heterocycles. The summed E-state index contributed by atoms with van der Waals surface area (Å²) < 4.78 is 1.79. The van der Waals surface area contributed by atoms with Crippen LogP contribution in [0.15, 0.2) is 75.9 Å². The van der Waals surface area contributed by atoms with E-state index in [0.717, 1.165) is 97.8 Å². The Kier molecular flexibility index (Phi) is 6.78. The highest BCUT2D eigenvalue weighted by Gasteiger charge is 2.45. The molecule has 0 unspecified atom stereocenters. The van der Waals surface area contributed by atoms with Gasteiger partial charge in [-0.1, -0.05) is 98.5 Å². The maximum absolute atomic E-state index is 14.4. The lowest BCUT2D eigenvalue weighted by molar-refractivity contribution is 0.282. The molecule has 0 bridgehead atoms. The molecule has 1 N–H and O–H groups in total. The van der Waals surface area contributed by atoms with Crippen molar-refractivity contribution in [2.45, 2.75) is 98.9 Å². The molecule has 0 saturated heterocycles. The molecule has 4 aliphatic rings. The molecule has 7 heteroatoms. The first-order chi connectivity index (χ1) is 21.5. The van der Waals surface area contributed by atoms with E-state index in [1.165, 1.54) is 29.3 Å². The molecule has 224 valence electrons. The third kappa shape index (κ3) is 4.30. The fourth-order valence-corrected chi connectivity index (χ4v) is 9.74. The molecule has 8 rings (SSSR count). The summed E-state index contributed by atoms with van der Waals surface area (Å²) in [6.07, 6.45) is 13.5. The van der Waals surface area contributed by atoms with Crippen LogP contribution in [0, 0.1) is 0 Å². The maximum atomic E-state index is 14.4. The number of nitrogens with zero attached hydrogens (tertiary/aromatic N) is 3. The monoisotopic (exact) mass is 602 g/mol. The summed E-state index contributed by atoms with van der Waals surface area (Å²) in [5.41, 5.74) is 7.90. The molecular formula is C37H38N4O2S. The molecular weight excluding hydrogens is 565 g/mol. The quantitative estimate of drug-likeness (QED) is 0.148. The standard InChI is InChI=1S/C37H38N4O2S/c1-2-20-41-34(43)30-32(27-15-7-5-13-25(27)22-37(30)16-8-3-9-17-37)40-35(41)44-23-28-38-31-26-14-6-4-12-24(26)21-36(18-10-11-19-36)29(31)33(42)39-28/h2,4-7,12-15H,1,3,8-11,16-23H2,(H,38,39,42). The Labute approximate surface area is 262 Å². The number of hydrogen-bond donors (Lipinski definition) is 1. The SMILES string of the molecule is C=CCn1c(SCc2nc3c(c(=O)[nH]2)C2(CCCC2)Cc2ccccc2-3)nc2c(c1=O)C1(CCCCC1)Cc1ccccc1-2. The van der Waals surface area contributed by atoms with Crippen LogP contribution in [0.2, 0.25) is 0 Å². The van der Waals surface area contributed by atoms with Gasteiger partial charge in [0, 0.05) is 28.5 Å². The third-order valence-electron chi connectivity index (χ3n) is 10.8. The highest BCUT2D eigenvalue weighted by Crippen LogP contribution is 2.50. The second-order valence-corrected chi connectivity index (χ2v) is 14.3. The lowest BCUT2D eigenvalue weighted by atomic mass is 9.62. The molecule has 4 aromatic rings. The van der Waals surface area contributed by atoms with Crippen molar-refractivity contribution in [3.05, 3.63) is 110 Å². The molecule has 6 nitrogen and oxygen atoms in total. The van der Waals surface area contributed by atoms with Gasteiger partial charge >= 0.3 is 0 Å². The minimum Gasteiger partial charge on any atom is -0.310 e. The van der Waals surface area contributed by atoms with Crippen molar-refractivity contribution < 1.29 is 0 Å². The van der Waals surface area contributed by atoms with E-state index in [0.29, 0.717) is 23.3 Å². The van der Waals surface area contributed by atoms with E-state index in [1.54, 1.807) is 10.6 Å². The van der Waals surface area contributed by atoms with Gasteiger partial charge in [-0.25, -0.2) is 9.97 Å². The van der Waals surface area contributed by atoms with E-state index < -0.39 is 0 Å². The highest BCUT2D eigenvalue weighted by atomic mass is 32.2. The van der Waals surface area contributed by atoms with E-state index in [-0.39, 0.29) is 21.9 Å². The molecule has 2 saturated carbocycles. The zero-order valence-electron chi connectivity index (χ0n) is 25.2. The number of rotatable bonds is 5. The summed E-state index contributed by atoms with van der Waals surface area (Å²) in [6, 6.07) is 16.9. The Morgan fingerprint density at radius 2 is 1.36 bits per heavy atom. The number of hydrogen-bond acceptors (Lipinski definition) is 5. The van der Waals surface area contributed by atoms with Crippen LogP contribution >= 0.6 is 11.8 Å². The van der Waals surface area contributed by atoms with Gasteiger partial charge in [0.2, 0.25) is 0 Å². The average Bonchev–Trinajstić information content (AvgIpc) is 3.50. The average molecular weight is 603 g/mol. The summed E-state index contributed by atoms with van der Waals surface area (Å²) in [6.45, 7) is 4.36. The van der Waals surface area contributed by atoms with Crippen molar-refractivity contribution >= 4 is 11.8 Å². The zero-order valence-corrected chi connectivity index (χ0v) is 26.0. The van der Waals surface area contributed by atoms with E-state index >= 15 is 0 Å². The van der Waals surface area contributed by atoms with Crippen LogP contribution in [0.25, 0.3) is 22.5 Å². The van der Waals surface area contributed by atoms with Crippen LogP contribution in [-0.2, 0) is 36.0 Å². The number of thioether (sulfide) groups is 1. The lowest BCUT2D eigenvalue weighted by Crippen LogP contribution is -2.43. The van der Waals surface area contributed by atoms with E-state index in [9.17, 15) is 9.59 Å². The summed E-state index contributed by atoms with van der Waals surface area (Å²) in [5, 5.41) is 0.643.